The van der Waals surface area contributed by atoms with Gasteiger partial charge in [0.05, 0.1) is 0 Å². The quantitative estimate of drug-likeness (QED) is 0.625. The lowest BCUT2D eigenvalue weighted by Gasteiger charge is -2.34. The molecule has 1 unspecified atom stereocenters. The fourth-order valence-corrected chi connectivity index (χ4v) is 6.40. The van der Waals surface area contributed by atoms with Gasteiger partial charge in [0, 0.05) is 9.52 Å². The van der Waals surface area contributed by atoms with Gasteiger partial charge in [0.2, 0.25) is 0 Å². The molecule has 0 radical (unpaired) electrons. The predicted octanol–water partition coefficient (Wildman–Crippen LogP) is 5.30. The van der Waals surface area contributed by atoms with E-state index in [-0.39, 0.29) is 15.3 Å². The summed E-state index contributed by atoms with van der Waals surface area (Å²) < 4.78 is 13.0. The summed E-state index contributed by atoms with van der Waals surface area (Å²) in [6, 6.07) is 8.68. The van der Waals surface area contributed by atoms with Crippen LogP contribution in [0, 0.1) is 11.7 Å². The molecule has 1 atom stereocenters. The standard InChI is InChI=1S/C18H29FSi/c1-3-5-18(20-4-2)16-8-6-14(7-9-16)15-10-12-17(19)13-11-15/h10-14,16,18H,3-9,20H2,1-2H3. The molecule has 0 bridgehead atoms. The molecule has 2 heteroatoms. The highest BCUT2D eigenvalue weighted by Crippen LogP contribution is 2.42. The van der Waals surface area contributed by atoms with Crippen molar-refractivity contribution < 1.29 is 4.39 Å². The number of rotatable bonds is 6. The molecule has 1 fully saturated rings. The van der Waals surface area contributed by atoms with Gasteiger partial charge in [-0.3, -0.25) is 0 Å². The Morgan fingerprint density at radius 3 is 2.30 bits per heavy atom. The summed E-state index contributed by atoms with van der Waals surface area (Å²) in [7, 11) is 0.145. The van der Waals surface area contributed by atoms with Gasteiger partial charge >= 0.3 is 0 Å². The molecule has 0 spiro atoms. The van der Waals surface area contributed by atoms with Crippen LogP contribution >= 0.6 is 0 Å². The van der Waals surface area contributed by atoms with E-state index in [0.717, 1.165) is 11.5 Å². The summed E-state index contributed by atoms with van der Waals surface area (Å²) in [5, 5.41) is 0. The maximum Gasteiger partial charge on any atom is 0.123 e. The van der Waals surface area contributed by atoms with Gasteiger partial charge in [-0.25, -0.2) is 4.39 Å². The van der Waals surface area contributed by atoms with Crippen LogP contribution in [0.4, 0.5) is 4.39 Å². The fraction of sp³-hybridized carbons (Fsp3) is 0.667. The molecule has 0 aromatic heterocycles. The van der Waals surface area contributed by atoms with Crippen molar-refractivity contribution in [3.05, 3.63) is 35.6 Å². The summed E-state index contributed by atoms with van der Waals surface area (Å²) in [5.41, 5.74) is 2.43. The van der Waals surface area contributed by atoms with Crippen LogP contribution in [0.25, 0.3) is 0 Å². The topological polar surface area (TPSA) is 0 Å². The van der Waals surface area contributed by atoms with Crippen molar-refractivity contribution >= 4 is 9.52 Å². The Labute approximate surface area is 126 Å². The molecule has 1 aromatic rings. The number of hydrogen-bond acceptors (Lipinski definition) is 0. The summed E-state index contributed by atoms with van der Waals surface area (Å²) in [6.45, 7) is 4.71. The molecule has 1 aliphatic carbocycles. The molecule has 0 amide bonds. The molecule has 1 aliphatic rings. The highest BCUT2D eigenvalue weighted by atomic mass is 28.2. The van der Waals surface area contributed by atoms with Crippen LogP contribution in [-0.4, -0.2) is 9.52 Å². The summed E-state index contributed by atoms with van der Waals surface area (Å²) in [6.07, 6.45) is 8.25. The highest BCUT2D eigenvalue weighted by molar-refractivity contribution is 6.37. The van der Waals surface area contributed by atoms with E-state index in [1.54, 1.807) is 12.1 Å². The van der Waals surface area contributed by atoms with Gasteiger partial charge in [-0.1, -0.05) is 44.9 Å². The van der Waals surface area contributed by atoms with E-state index in [0.29, 0.717) is 5.92 Å². The molecule has 20 heavy (non-hydrogen) atoms. The number of benzene rings is 1. The van der Waals surface area contributed by atoms with Gasteiger partial charge in [-0.2, -0.15) is 0 Å². The second kappa shape index (κ2) is 7.97. The molecule has 1 aromatic carbocycles. The minimum absolute atomic E-state index is 0.112. The van der Waals surface area contributed by atoms with Crippen LogP contribution in [0.1, 0.15) is 63.9 Å². The van der Waals surface area contributed by atoms with Gasteiger partial charge in [0.1, 0.15) is 5.82 Å². The second-order valence-corrected chi connectivity index (χ2v) is 9.13. The van der Waals surface area contributed by atoms with Gasteiger partial charge in [-0.05, 0) is 60.8 Å². The minimum atomic E-state index is -0.112. The average molecular weight is 293 g/mol. The third kappa shape index (κ3) is 4.18. The first kappa shape index (κ1) is 15.8. The molecule has 0 nitrogen and oxygen atoms in total. The van der Waals surface area contributed by atoms with Gasteiger partial charge < -0.3 is 0 Å². The van der Waals surface area contributed by atoms with Crippen molar-refractivity contribution in [1.29, 1.82) is 0 Å². The van der Waals surface area contributed by atoms with Crippen molar-refractivity contribution in [3.63, 3.8) is 0 Å². The van der Waals surface area contributed by atoms with E-state index in [9.17, 15) is 4.39 Å². The van der Waals surface area contributed by atoms with E-state index in [1.165, 1.54) is 50.1 Å². The monoisotopic (exact) mass is 292 g/mol. The summed E-state index contributed by atoms with van der Waals surface area (Å²) in [5.74, 6) is 1.56. The molecule has 112 valence electrons. The van der Waals surface area contributed by atoms with Crippen molar-refractivity contribution in [2.24, 2.45) is 5.92 Å². The zero-order valence-corrected chi connectivity index (χ0v) is 14.5. The molecule has 0 heterocycles. The van der Waals surface area contributed by atoms with Crippen LogP contribution in [0.15, 0.2) is 24.3 Å². The van der Waals surface area contributed by atoms with E-state index < -0.39 is 0 Å². The number of halogens is 1. The maximum absolute atomic E-state index is 13.0. The Morgan fingerprint density at radius 2 is 1.75 bits per heavy atom. The molecule has 0 N–H and O–H groups in total. The minimum Gasteiger partial charge on any atom is -0.207 e. The highest BCUT2D eigenvalue weighted by Gasteiger charge is 2.27. The molecule has 0 saturated heterocycles. The largest absolute Gasteiger partial charge is 0.207 e. The Kier molecular flexibility index (Phi) is 6.27. The first-order valence-electron chi connectivity index (χ1n) is 8.50. The van der Waals surface area contributed by atoms with Gasteiger partial charge in [0.15, 0.2) is 0 Å². The first-order chi connectivity index (χ1) is 9.74. The summed E-state index contributed by atoms with van der Waals surface area (Å²) >= 11 is 0. The lowest BCUT2D eigenvalue weighted by Crippen LogP contribution is -2.21. The van der Waals surface area contributed by atoms with Crippen molar-refractivity contribution in [2.45, 2.75) is 69.9 Å². The lowest BCUT2D eigenvalue weighted by molar-refractivity contribution is 0.303. The molecule has 1 saturated carbocycles. The summed E-state index contributed by atoms with van der Waals surface area (Å²) in [4.78, 5) is 0. The van der Waals surface area contributed by atoms with Crippen molar-refractivity contribution in [2.75, 3.05) is 0 Å². The van der Waals surface area contributed by atoms with Crippen molar-refractivity contribution in [3.8, 4) is 0 Å². The smallest absolute Gasteiger partial charge is 0.123 e. The van der Waals surface area contributed by atoms with E-state index in [1.807, 2.05) is 12.1 Å². The predicted molar refractivity (Wildman–Crippen MR) is 88.8 cm³/mol. The Hall–Kier alpha value is -0.633. The molecular formula is C18H29FSi. The Morgan fingerprint density at radius 1 is 1.10 bits per heavy atom. The SMILES string of the molecule is CCCC([SiH2]CC)C1CCC(c2ccc(F)cc2)CC1. The van der Waals surface area contributed by atoms with Gasteiger partial charge in [-0.15, -0.1) is 0 Å². The van der Waals surface area contributed by atoms with Gasteiger partial charge in [0.25, 0.3) is 0 Å². The normalized spacial score (nSPS) is 25.1. The van der Waals surface area contributed by atoms with Crippen molar-refractivity contribution in [1.82, 2.24) is 0 Å². The number of hydrogen-bond donors (Lipinski definition) is 0. The second-order valence-electron chi connectivity index (χ2n) is 6.50. The molecular weight excluding hydrogens is 263 g/mol. The van der Waals surface area contributed by atoms with Crippen LogP contribution in [0.3, 0.4) is 0 Å². The van der Waals surface area contributed by atoms with Crippen LogP contribution in [0.2, 0.25) is 11.6 Å². The average Bonchev–Trinajstić information content (AvgIpc) is 2.48. The van der Waals surface area contributed by atoms with E-state index in [4.69, 9.17) is 0 Å². The Balaban J connectivity index is 1.89. The molecule has 2 rings (SSSR count). The Bertz CT molecular complexity index is 373. The first-order valence-corrected chi connectivity index (χ1v) is 10.3. The molecule has 0 aliphatic heterocycles. The maximum atomic E-state index is 13.0. The zero-order valence-electron chi connectivity index (χ0n) is 13.1. The van der Waals surface area contributed by atoms with Crippen LogP contribution < -0.4 is 0 Å². The van der Waals surface area contributed by atoms with E-state index >= 15 is 0 Å². The van der Waals surface area contributed by atoms with Crippen LogP contribution in [-0.2, 0) is 0 Å². The lowest BCUT2D eigenvalue weighted by atomic mass is 9.77. The fourth-order valence-electron chi connectivity index (χ4n) is 4.02. The third-order valence-electron chi connectivity index (χ3n) is 5.10. The zero-order chi connectivity index (χ0) is 14.4. The third-order valence-corrected chi connectivity index (χ3v) is 7.49. The van der Waals surface area contributed by atoms with E-state index in [2.05, 4.69) is 13.8 Å². The van der Waals surface area contributed by atoms with Crippen LogP contribution in [0.5, 0.6) is 0 Å².